The van der Waals surface area contributed by atoms with Gasteiger partial charge in [0.05, 0.1) is 0 Å². The van der Waals surface area contributed by atoms with E-state index in [0.29, 0.717) is 11.4 Å². The number of benzene rings is 1. The second kappa shape index (κ2) is 6.28. The molecule has 0 spiro atoms. The molecule has 0 bridgehead atoms. The molecule has 1 unspecified atom stereocenters. The first-order chi connectivity index (χ1) is 8.45. The summed E-state index contributed by atoms with van der Waals surface area (Å²) in [6.07, 6.45) is 0.905. The molecule has 0 aromatic heterocycles. The number of rotatable bonds is 5. The van der Waals surface area contributed by atoms with Crippen LogP contribution in [0.15, 0.2) is 12.1 Å². The van der Waals surface area contributed by atoms with E-state index in [1.807, 2.05) is 39.8 Å². The second-order valence-electron chi connectivity index (χ2n) is 4.59. The molecule has 100 valence electrons. The minimum absolute atomic E-state index is 0.0233. The number of ether oxygens (including phenoxy) is 1. The van der Waals surface area contributed by atoms with Gasteiger partial charge in [-0.3, -0.25) is 4.79 Å². The number of nitrogens with two attached hydrogens (primary N) is 1. The van der Waals surface area contributed by atoms with E-state index in [0.717, 1.165) is 17.5 Å². The van der Waals surface area contributed by atoms with Crippen LogP contribution in [0.2, 0.25) is 0 Å². The fourth-order valence-corrected chi connectivity index (χ4v) is 1.62. The van der Waals surface area contributed by atoms with Crippen LogP contribution in [0.25, 0.3) is 0 Å². The Kier molecular flexibility index (Phi) is 5.01. The predicted octanol–water partition coefficient (Wildman–Crippen LogP) is 2.18. The van der Waals surface area contributed by atoms with E-state index in [1.165, 1.54) is 0 Å². The van der Waals surface area contributed by atoms with Crippen molar-refractivity contribution in [2.24, 2.45) is 0 Å². The quantitative estimate of drug-likeness (QED) is 0.787. The number of anilines is 1. The molecule has 0 radical (unpaired) electrons. The third kappa shape index (κ3) is 3.65. The highest BCUT2D eigenvalue weighted by Crippen LogP contribution is 2.27. The van der Waals surface area contributed by atoms with Crippen molar-refractivity contribution >= 4 is 11.6 Å². The lowest BCUT2D eigenvalue weighted by molar-refractivity contribution is -0.123. The number of carbonyl (C=O) groups is 1. The first-order valence-electron chi connectivity index (χ1n) is 6.23. The molecule has 0 aliphatic heterocycles. The van der Waals surface area contributed by atoms with Gasteiger partial charge in [-0.25, -0.2) is 0 Å². The van der Waals surface area contributed by atoms with Crippen molar-refractivity contribution in [2.75, 3.05) is 12.3 Å². The van der Waals surface area contributed by atoms with Crippen LogP contribution in [0.3, 0.4) is 0 Å². The predicted molar refractivity (Wildman–Crippen MR) is 73.7 cm³/mol. The van der Waals surface area contributed by atoms with Crippen molar-refractivity contribution in [1.82, 2.24) is 5.32 Å². The van der Waals surface area contributed by atoms with Gasteiger partial charge < -0.3 is 15.8 Å². The molecular weight excluding hydrogens is 228 g/mol. The molecule has 4 nitrogen and oxygen atoms in total. The van der Waals surface area contributed by atoms with Crippen molar-refractivity contribution in [3.05, 3.63) is 23.3 Å². The highest BCUT2D eigenvalue weighted by atomic mass is 16.5. The highest BCUT2D eigenvalue weighted by molar-refractivity contribution is 5.78. The van der Waals surface area contributed by atoms with Crippen LogP contribution < -0.4 is 15.8 Å². The van der Waals surface area contributed by atoms with Crippen molar-refractivity contribution in [3.8, 4) is 5.75 Å². The standard InChI is InChI=1S/C14H22N2O2/c1-5-10(3)16-13(17)8-18-14-9(2)6-7-12(15)11(14)4/h6-7,10H,5,8,15H2,1-4H3,(H,16,17). The summed E-state index contributed by atoms with van der Waals surface area (Å²) >= 11 is 0. The maximum Gasteiger partial charge on any atom is 0.258 e. The van der Waals surface area contributed by atoms with Crippen LogP contribution in [0.4, 0.5) is 5.69 Å². The molecule has 4 heteroatoms. The fourth-order valence-electron chi connectivity index (χ4n) is 1.62. The van der Waals surface area contributed by atoms with E-state index in [9.17, 15) is 4.79 Å². The number of hydrogen-bond donors (Lipinski definition) is 2. The number of carbonyl (C=O) groups excluding carboxylic acids is 1. The minimum atomic E-state index is -0.106. The molecule has 0 saturated carbocycles. The maximum atomic E-state index is 11.6. The molecule has 18 heavy (non-hydrogen) atoms. The van der Waals surface area contributed by atoms with Crippen molar-refractivity contribution in [2.45, 2.75) is 40.2 Å². The summed E-state index contributed by atoms with van der Waals surface area (Å²) in [5.41, 5.74) is 8.36. The Morgan fingerprint density at radius 3 is 2.72 bits per heavy atom. The molecule has 1 rings (SSSR count). The molecule has 0 aliphatic carbocycles. The normalized spacial score (nSPS) is 12.0. The number of amides is 1. The monoisotopic (exact) mass is 250 g/mol. The van der Waals surface area contributed by atoms with Gasteiger partial charge >= 0.3 is 0 Å². The molecule has 0 heterocycles. The fraction of sp³-hybridized carbons (Fsp3) is 0.500. The van der Waals surface area contributed by atoms with Crippen LogP contribution in [0.1, 0.15) is 31.4 Å². The number of nitrogens with one attached hydrogen (secondary N) is 1. The van der Waals surface area contributed by atoms with Crippen LogP contribution in [0, 0.1) is 13.8 Å². The summed E-state index contributed by atoms with van der Waals surface area (Å²) in [5, 5.41) is 2.86. The first-order valence-corrected chi connectivity index (χ1v) is 6.23. The highest BCUT2D eigenvalue weighted by Gasteiger charge is 2.10. The summed E-state index contributed by atoms with van der Waals surface area (Å²) in [6.45, 7) is 7.85. The minimum Gasteiger partial charge on any atom is -0.483 e. The molecule has 3 N–H and O–H groups in total. The van der Waals surface area contributed by atoms with E-state index < -0.39 is 0 Å². The van der Waals surface area contributed by atoms with E-state index in [1.54, 1.807) is 0 Å². The molecule has 0 fully saturated rings. The topological polar surface area (TPSA) is 64.3 Å². The summed E-state index contributed by atoms with van der Waals surface area (Å²) in [7, 11) is 0. The number of nitrogen functional groups attached to an aromatic ring is 1. The Hall–Kier alpha value is -1.71. The lowest BCUT2D eigenvalue weighted by Crippen LogP contribution is -2.35. The van der Waals surface area contributed by atoms with Gasteiger partial charge in [0.2, 0.25) is 0 Å². The largest absolute Gasteiger partial charge is 0.483 e. The second-order valence-corrected chi connectivity index (χ2v) is 4.59. The zero-order valence-electron chi connectivity index (χ0n) is 11.5. The SMILES string of the molecule is CCC(C)NC(=O)COc1c(C)ccc(N)c1C. The molecule has 0 aliphatic rings. The number of hydrogen-bond acceptors (Lipinski definition) is 3. The molecule has 1 aromatic rings. The van der Waals surface area contributed by atoms with Gasteiger partial charge in [-0.05, 0) is 38.8 Å². The van der Waals surface area contributed by atoms with Gasteiger partial charge in [-0.2, -0.15) is 0 Å². The Balaban J connectivity index is 2.64. The van der Waals surface area contributed by atoms with Gasteiger partial charge in [-0.15, -0.1) is 0 Å². The third-order valence-electron chi connectivity index (χ3n) is 3.01. The van der Waals surface area contributed by atoms with Gasteiger partial charge in [-0.1, -0.05) is 13.0 Å². The summed E-state index contributed by atoms with van der Waals surface area (Å²) in [4.78, 5) is 11.6. The smallest absolute Gasteiger partial charge is 0.258 e. The van der Waals surface area contributed by atoms with E-state index in [4.69, 9.17) is 10.5 Å². The first kappa shape index (κ1) is 14.4. The molecule has 1 amide bonds. The van der Waals surface area contributed by atoms with Crippen LogP contribution in [0.5, 0.6) is 5.75 Å². The van der Waals surface area contributed by atoms with E-state index >= 15 is 0 Å². The molecule has 0 saturated heterocycles. The van der Waals surface area contributed by atoms with E-state index in [2.05, 4.69) is 5.32 Å². The van der Waals surface area contributed by atoms with Gasteiger partial charge in [0.1, 0.15) is 5.75 Å². The van der Waals surface area contributed by atoms with Crippen molar-refractivity contribution < 1.29 is 9.53 Å². The third-order valence-corrected chi connectivity index (χ3v) is 3.01. The zero-order chi connectivity index (χ0) is 13.7. The Bertz CT molecular complexity index is 430. The van der Waals surface area contributed by atoms with Crippen molar-refractivity contribution in [1.29, 1.82) is 0 Å². The van der Waals surface area contributed by atoms with Gasteiger partial charge in [0.25, 0.3) is 5.91 Å². The van der Waals surface area contributed by atoms with Gasteiger partial charge in [0, 0.05) is 17.3 Å². The van der Waals surface area contributed by atoms with E-state index in [-0.39, 0.29) is 18.6 Å². The summed E-state index contributed by atoms with van der Waals surface area (Å²) in [5.74, 6) is 0.597. The number of aryl methyl sites for hydroxylation is 1. The van der Waals surface area contributed by atoms with Crippen molar-refractivity contribution in [3.63, 3.8) is 0 Å². The van der Waals surface area contributed by atoms with Crippen LogP contribution in [-0.2, 0) is 4.79 Å². The Morgan fingerprint density at radius 2 is 2.11 bits per heavy atom. The molecule has 1 aromatic carbocycles. The van der Waals surface area contributed by atoms with Crippen LogP contribution >= 0.6 is 0 Å². The summed E-state index contributed by atoms with van der Waals surface area (Å²) < 4.78 is 5.56. The van der Waals surface area contributed by atoms with Crippen LogP contribution in [-0.4, -0.2) is 18.6 Å². The lowest BCUT2D eigenvalue weighted by Gasteiger charge is -2.15. The Morgan fingerprint density at radius 1 is 1.44 bits per heavy atom. The maximum absolute atomic E-state index is 11.6. The lowest BCUT2D eigenvalue weighted by atomic mass is 10.1. The summed E-state index contributed by atoms with van der Waals surface area (Å²) in [6, 6.07) is 3.91. The Labute approximate surface area is 109 Å². The zero-order valence-corrected chi connectivity index (χ0v) is 11.5. The average molecular weight is 250 g/mol. The molecule has 1 atom stereocenters. The van der Waals surface area contributed by atoms with Gasteiger partial charge in [0.15, 0.2) is 6.61 Å². The molecular formula is C14H22N2O2. The average Bonchev–Trinajstić information content (AvgIpc) is 2.34.